The van der Waals surface area contributed by atoms with Crippen LogP contribution in [0.25, 0.3) is 0 Å². The van der Waals surface area contributed by atoms with Gasteiger partial charge in [0.15, 0.2) is 0 Å². The number of thiol groups is 2. The SMILES string of the molecule is C.C.C=C1C[C@H](C[C@@H](O)CC(=O)N2C(=S)SC[C@H]2C(C)C)O[C@@H](CCOB(P)S)C1.C=C1C[C@H](C[C@@H](O)CCO)O[C@@H](CCOB(P)S)C1. The fourth-order valence-electron chi connectivity index (χ4n) is 5.92. The second-order valence-electron chi connectivity index (χ2n) is 12.8. The van der Waals surface area contributed by atoms with Gasteiger partial charge in [0.2, 0.25) is 5.91 Å². The molecule has 17 heteroatoms. The first-order chi connectivity index (χ1) is 22.2. The predicted molar refractivity (Wildman–Crippen MR) is 226 cm³/mol. The fraction of sp³-hybridized carbons (Fsp3) is 0.812. The zero-order chi connectivity index (χ0) is 35.1. The number of carbonyl (C=O) groups excluding carboxylic acids is 1. The smallest absolute Gasteiger partial charge is 0.380 e. The molecule has 3 heterocycles. The molecule has 1 amide bonds. The molecule has 0 spiro atoms. The van der Waals surface area contributed by atoms with E-state index in [9.17, 15) is 15.0 Å². The minimum Gasteiger partial charge on any atom is -0.422 e. The summed E-state index contributed by atoms with van der Waals surface area (Å²) in [6, 6.07) is 0.111. The van der Waals surface area contributed by atoms with Gasteiger partial charge in [-0.1, -0.05) is 77.0 Å². The Balaban J connectivity index is 0.000000967. The summed E-state index contributed by atoms with van der Waals surface area (Å²) in [5, 5.41) is 29.0. The number of ether oxygens (including phenoxy) is 2. The maximum Gasteiger partial charge on any atom is 0.380 e. The summed E-state index contributed by atoms with van der Waals surface area (Å²) in [7, 11) is 4.95. The number of thiocarbonyl (C=S) groups is 1. The molecule has 3 aliphatic heterocycles. The summed E-state index contributed by atoms with van der Waals surface area (Å²) < 4.78 is 23.5. The molecule has 3 fully saturated rings. The van der Waals surface area contributed by atoms with E-state index in [0.29, 0.717) is 49.1 Å². The topological polar surface area (TPSA) is 118 Å². The molecule has 3 N–H and O–H groups in total. The van der Waals surface area contributed by atoms with Crippen LogP contribution in [0.2, 0.25) is 0 Å². The van der Waals surface area contributed by atoms with Crippen LogP contribution in [0.4, 0.5) is 0 Å². The Bertz CT molecular complexity index is 1010. The number of hydrogen-bond donors (Lipinski definition) is 5. The summed E-state index contributed by atoms with van der Waals surface area (Å²) >= 11 is 15.2. The van der Waals surface area contributed by atoms with Gasteiger partial charge < -0.3 is 34.1 Å². The Morgan fingerprint density at radius 3 is 1.84 bits per heavy atom. The van der Waals surface area contributed by atoms with Gasteiger partial charge in [-0.05, 0) is 57.3 Å². The van der Waals surface area contributed by atoms with Gasteiger partial charge in [0.25, 0.3) is 0 Å². The number of hydrogen-bond acceptors (Lipinski definition) is 12. The maximum absolute atomic E-state index is 12.7. The zero-order valence-corrected chi connectivity index (χ0v) is 33.5. The number of aliphatic hydroxyl groups excluding tert-OH is 3. The third kappa shape index (κ3) is 20.2. The number of thioether (sulfide) groups is 1. The average Bonchev–Trinajstić information content (AvgIpc) is 3.34. The molecule has 9 atom stereocenters. The van der Waals surface area contributed by atoms with Crippen molar-refractivity contribution in [3.8, 4) is 0 Å². The molecule has 0 bridgehead atoms. The number of amides is 1. The van der Waals surface area contributed by atoms with Crippen LogP contribution in [-0.2, 0) is 23.6 Å². The molecule has 0 aromatic heterocycles. The number of rotatable bonds is 17. The predicted octanol–water partition coefficient (Wildman–Crippen LogP) is 6.01. The quantitative estimate of drug-likeness (QED) is 0.0394. The van der Waals surface area contributed by atoms with Crippen molar-refractivity contribution in [3.63, 3.8) is 0 Å². The van der Waals surface area contributed by atoms with Crippen LogP contribution in [0.15, 0.2) is 24.3 Å². The van der Waals surface area contributed by atoms with Gasteiger partial charge in [-0.2, -0.15) is 25.0 Å². The van der Waals surface area contributed by atoms with E-state index in [1.165, 1.54) is 0 Å². The third-order valence-corrected chi connectivity index (χ3v) is 10.4. The van der Waals surface area contributed by atoms with Gasteiger partial charge >= 0.3 is 11.8 Å². The van der Waals surface area contributed by atoms with Crippen molar-refractivity contribution in [2.45, 2.75) is 136 Å². The lowest BCUT2D eigenvalue weighted by molar-refractivity contribution is -0.131. The highest BCUT2D eigenvalue weighted by atomic mass is 32.2. The zero-order valence-electron chi connectivity index (χ0n) is 27.8. The average molecular weight is 802 g/mol. The molecule has 0 radical (unpaired) electrons. The summed E-state index contributed by atoms with van der Waals surface area (Å²) in [6.45, 7) is 13.5. The second-order valence-corrected chi connectivity index (χ2v) is 17.8. The van der Waals surface area contributed by atoms with E-state index >= 15 is 0 Å². The molecule has 3 saturated heterocycles. The summed E-state index contributed by atoms with van der Waals surface area (Å²) in [4.78, 5) is 14.4. The van der Waals surface area contributed by atoms with E-state index in [1.54, 1.807) is 16.7 Å². The summed E-state index contributed by atoms with van der Waals surface area (Å²) in [5.41, 5.74) is 2.27. The van der Waals surface area contributed by atoms with Gasteiger partial charge in [-0.3, -0.25) is 9.69 Å². The van der Waals surface area contributed by atoms with Gasteiger partial charge in [-0.25, -0.2) is 0 Å². The van der Waals surface area contributed by atoms with Gasteiger partial charge in [-0.15, -0.1) is 18.2 Å². The highest BCUT2D eigenvalue weighted by Gasteiger charge is 2.37. The second kappa shape index (κ2) is 26.6. The molecule has 3 rings (SSSR count). The van der Waals surface area contributed by atoms with Crippen molar-refractivity contribution < 1.29 is 38.9 Å². The minimum atomic E-state index is -0.754. The van der Waals surface area contributed by atoms with Crippen LogP contribution >= 0.6 is 67.2 Å². The molecule has 3 aliphatic rings. The highest BCUT2D eigenvalue weighted by molar-refractivity contribution is 8.24. The lowest BCUT2D eigenvalue weighted by atomic mass is 9.94. The lowest BCUT2D eigenvalue weighted by Crippen LogP contribution is -2.43. The molecule has 284 valence electrons. The van der Waals surface area contributed by atoms with Crippen LogP contribution in [0.5, 0.6) is 0 Å². The lowest BCUT2D eigenvalue weighted by Gasteiger charge is -2.33. The minimum absolute atomic E-state index is 0. The van der Waals surface area contributed by atoms with Crippen molar-refractivity contribution in [3.05, 3.63) is 24.3 Å². The number of nitrogens with zero attached hydrogens (tertiary/aromatic N) is 1. The van der Waals surface area contributed by atoms with Crippen molar-refractivity contribution in [1.82, 2.24) is 4.90 Å². The maximum atomic E-state index is 12.7. The van der Waals surface area contributed by atoms with Crippen LogP contribution < -0.4 is 0 Å². The first-order valence-corrected chi connectivity index (χ1v) is 20.1. The molecule has 2 unspecified atom stereocenters. The Kier molecular flexibility index (Phi) is 27.0. The number of carbonyl (C=O) groups is 1. The van der Waals surface area contributed by atoms with Crippen molar-refractivity contribution in [1.29, 1.82) is 0 Å². The Labute approximate surface area is 322 Å². The van der Waals surface area contributed by atoms with Crippen LogP contribution in [-0.4, -0.2) is 111 Å². The first kappa shape index (κ1) is 49.8. The van der Waals surface area contributed by atoms with Crippen molar-refractivity contribution in [2.24, 2.45) is 5.92 Å². The highest BCUT2D eigenvalue weighted by Crippen LogP contribution is 2.32. The van der Waals surface area contributed by atoms with E-state index in [0.717, 1.165) is 49.0 Å². The molecule has 0 aliphatic carbocycles. The monoisotopic (exact) mass is 801 g/mol. The first-order valence-electron chi connectivity index (χ1n) is 16.4. The van der Waals surface area contributed by atoms with E-state index in [1.807, 2.05) is 0 Å². The van der Waals surface area contributed by atoms with Crippen LogP contribution in [0, 0.1) is 5.92 Å². The summed E-state index contributed by atoms with van der Waals surface area (Å²) in [5.74, 6) is 0.743. The molecule has 49 heavy (non-hydrogen) atoms. The molecular formula is C32H63B2NO8P2S4. The largest absolute Gasteiger partial charge is 0.422 e. The van der Waals surface area contributed by atoms with Gasteiger partial charge in [0.1, 0.15) is 4.32 Å². The van der Waals surface area contributed by atoms with Crippen molar-refractivity contribution in [2.75, 3.05) is 25.6 Å². The van der Waals surface area contributed by atoms with E-state index in [4.69, 9.17) is 36.1 Å². The number of aliphatic hydroxyl groups is 3. The summed E-state index contributed by atoms with van der Waals surface area (Å²) in [6.07, 6.45) is 4.89. The third-order valence-electron chi connectivity index (χ3n) is 8.18. The molecule has 9 nitrogen and oxygen atoms in total. The Hall–Kier alpha value is 0.800. The molecular weight excluding hydrogens is 738 g/mol. The normalized spacial score (nSPS) is 25.1. The van der Waals surface area contributed by atoms with Crippen LogP contribution in [0.1, 0.15) is 92.9 Å². The van der Waals surface area contributed by atoms with Gasteiger partial charge in [0, 0.05) is 38.0 Å². The van der Waals surface area contributed by atoms with Crippen LogP contribution in [0.3, 0.4) is 0 Å². The Morgan fingerprint density at radius 2 is 1.41 bits per heavy atom. The Morgan fingerprint density at radius 1 is 0.959 bits per heavy atom. The van der Waals surface area contributed by atoms with Gasteiger partial charge in [0.05, 0.1) is 43.0 Å². The van der Waals surface area contributed by atoms with E-state index < -0.39 is 12.2 Å². The van der Waals surface area contributed by atoms with E-state index in [-0.39, 0.29) is 76.1 Å². The molecule has 0 aromatic carbocycles. The van der Waals surface area contributed by atoms with E-state index in [2.05, 4.69) is 70.2 Å². The van der Waals surface area contributed by atoms with Crippen molar-refractivity contribution >= 4 is 89.2 Å². The standard InChI is InChI=1S/C18H31BNO4PS3.C12H24BO4PS.2CH4/c1-11(2)16-10-28-18(26)20(16)17(22)9-13(21)8-15-7-12(3)6-14(24-15)4-5-23-19(25)27;1-9-6-11(3-5-16-13(18)19)17-12(7-9)8-10(15)2-4-14;;/h11,13-16,21,27H,3-10,25H2,1-2H3;10-12,14-15,19H,1-8,18H2;2*1H4/t13-,14+,15-,16+;10-,11-,12+;;/m10../s1. The fourth-order valence-corrected chi connectivity index (χ4v) is 8.07. The molecule has 0 saturated carbocycles. The molecule has 0 aromatic rings.